The zero-order valence-corrected chi connectivity index (χ0v) is 49.4. The number of ether oxygens (including phenoxy) is 4. The standard InChI is InChI=1S/C73H104O5/c1-5-9-12-15-18-21-24-27-30-33-52-75-69-46-40-62(41-47-69)55-66-58-68(73(74)78-60-65-38-36-61(8-4)37-39-65)59-67(56-63-42-48-70(49-43-63)76-53-34-31-28-25-22-19-16-13-10-6-2)72(66)57-64-44-50-71(51-45-64)77-54-35-32-29-26-23-20-17-14-11-7-3/h8,36-51,58-59H,4-7,9-35,52-57,60H2,1-3H3. The zero-order valence-electron chi connectivity index (χ0n) is 49.4. The molecule has 0 fully saturated rings. The topological polar surface area (TPSA) is 54.0 Å². The maximum absolute atomic E-state index is 14.2. The molecule has 0 radical (unpaired) electrons. The van der Waals surface area contributed by atoms with Crippen LogP contribution in [0.5, 0.6) is 17.2 Å². The Bertz CT molecular complexity index is 2200. The first kappa shape index (κ1) is 63.5. The number of rotatable bonds is 46. The number of esters is 1. The van der Waals surface area contributed by atoms with Crippen LogP contribution in [0.4, 0.5) is 0 Å². The second kappa shape index (κ2) is 40.8. The second-order valence-corrected chi connectivity index (χ2v) is 22.3. The van der Waals surface area contributed by atoms with Gasteiger partial charge in [0.15, 0.2) is 0 Å². The lowest BCUT2D eigenvalue weighted by Gasteiger charge is -2.19. The van der Waals surface area contributed by atoms with Crippen molar-refractivity contribution in [2.24, 2.45) is 0 Å². The first-order chi connectivity index (χ1) is 38.5. The molecule has 5 heteroatoms. The first-order valence-electron chi connectivity index (χ1n) is 31.7. The van der Waals surface area contributed by atoms with E-state index in [0.717, 1.165) is 78.6 Å². The Balaban J connectivity index is 1.29. The minimum absolute atomic E-state index is 0.192. The van der Waals surface area contributed by atoms with Crippen LogP contribution in [-0.4, -0.2) is 25.8 Å². The predicted molar refractivity (Wildman–Crippen MR) is 332 cm³/mol. The molecule has 0 heterocycles. The van der Waals surface area contributed by atoms with Gasteiger partial charge in [0.1, 0.15) is 23.9 Å². The molecule has 0 saturated heterocycles. The molecule has 426 valence electrons. The van der Waals surface area contributed by atoms with E-state index in [1.54, 1.807) is 0 Å². The lowest BCUT2D eigenvalue weighted by atomic mass is 9.87. The van der Waals surface area contributed by atoms with E-state index < -0.39 is 0 Å². The summed E-state index contributed by atoms with van der Waals surface area (Å²) in [5, 5.41) is 0. The summed E-state index contributed by atoms with van der Waals surface area (Å²) < 4.78 is 24.8. The van der Waals surface area contributed by atoms with Crippen LogP contribution in [0.1, 0.15) is 268 Å². The molecule has 5 aromatic rings. The third kappa shape index (κ3) is 27.0. The highest BCUT2D eigenvalue weighted by molar-refractivity contribution is 5.90. The molecule has 0 aliphatic heterocycles. The fourth-order valence-corrected chi connectivity index (χ4v) is 10.5. The van der Waals surface area contributed by atoms with Crippen molar-refractivity contribution in [3.63, 3.8) is 0 Å². The number of hydrogen-bond donors (Lipinski definition) is 0. The lowest BCUT2D eigenvalue weighted by Crippen LogP contribution is -2.11. The maximum Gasteiger partial charge on any atom is 0.338 e. The van der Waals surface area contributed by atoms with Crippen LogP contribution >= 0.6 is 0 Å². The molecule has 0 unspecified atom stereocenters. The van der Waals surface area contributed by atoms with Crippen molar-refractivity contribution in [2.75, 3.05) is 19.8 Å². The van der Waals surface area contributed by atoms with Crippen LogP contribution in [0, 0.1) is 0 Å². The molecular weight excluding hydrogens is 957 g/mol. The Morgan fingerprint density at radius 3 is 0.987 bits per heavy atom. The average Bonchev–Trinajstić information content (AvgIpc) is 3.50. The van der Waals surface area contributed by atoms with Gasteiger partial charge < -0.3 is 18.9 Å². The quantitative estimate of drug-likeness (QED) is 0.0287. The lowest BCUT2D eigenvalue weighted by molar-refractivity contribution is 0.0472. The Labute approximate surface area is 475 Å². The van der Waals surface area contributed by atoms with E-state index in [-0.39, 0.29) is 12.6 Å². The monoisotopic (exact) mass is 1060 g/mol. The number of hydrogen-bond acceptors (Lipinski definition) is 5. The van der Waals surface area contributed by atoms with Gasteiger partial charge in [-0.3, -0.25) is 0 Å². The smallest absolute Gasteiger partial charge is 0.338 e. The summed E-state index contributed by atoms with van der Waals surface area (Å²) in [7, 11) is 0. The summed E-state index contributed by atoms with van der Waals surface area (Å²) in [6.07, 6.45) is 43.1. The minimum atomic E-state index is -0.327. The molecule has 0 aromatic heterocycles. The number of carbonyl (C=O) groups is 1. The van der Waals surface area contributed by atoms with Crippen LogP contribution in [0.15, 0.2) is 116 Å². The Morgan fingerprint density at radius 2 is 0.667 bits per heavy atom. The molecule has 5 nitrogen and oxygen atoms in total. The molecule has 0 spiro atoms. The molecule has 0 amide bonds. The zero-order chi connectivity index (χ0) is 54.9. The Kier molecular flexibility index (Phi) is 33.3. The van der Waals surface area contributed by atoms with Crippen molar-refractivity contribution in [1.82, 2.24) is 0 Å². The Hall–Kier alpha value is -5.29. The van der Waals surface area contributed by atoms with E-state index in [4.69, 9.17) is 18.9 Å². The third-order valence-corrected chi connectivity index (χ3v) is 15.5. The van der Waals surface area contributed by atoms with E-state index >= 15 is 0 Å². The third-order valence-electron chi connectivity index (χ3n) is 15.5. The SMILES string of the molecule is C=Cc1ccc(COC(=O)c2cc(Cc3ccc(OCCCCCCCCCCCC)cc3)c(Cc3ccc(OCCCCCCCCCCCC)cc3)c(Cc3ccc(OCCCCCCCCCCCC)cc3)c2)cc1. The van der Waals surface area contributed by atoms with E-state index in [2.05, 4.69) is 112 Å². The number of unbranched alkanes of at least 4 members (excludes halogenated alkanes) is 27. The van der Waals surface area contributed by atoms with Gasteiger partial charge in [0, 0.05) is 0 Å². The van der Waals surface area contributed by atoms with Gasteiger partial charge in [0.25, 0.3) is 0 Å². The van der Waals surface area contributed by atoms with Crippen molar-refractivity contribution in [3.8, 4) is 17.2 Å². The molecule has 0 aliphatic rings. The molecule has 0 atom stereocenters. The van der Waals surface area contributed by atoms with Crippen molar-refractivity contribution in [1.29, 1.82) is 0 Å². The highest BCUT2D eigenvalue weighted by atomic mass is 16.5. The molecular formula is C73H104O5. The molecule has 0 bridgehead atoms. The van der Waals surface area contributed by atoms with Gasteiger partial charge in [-0.1, -0.05) is 267 Å². The Morgan fingerprint density at radius 1 is 0.372 bits per heavy atom. The maximum atomic E-state index is 14.2. The van der Waals surface area contributed by atoms with Crippen molar-refractivity contribution >= 4 is 12.0 Å². The fraction of sp³-hybridized carbons (Fsp3) is 0.548. The molecule has 0 aliphatic carbocycles. The second-order valence-electron chi connectivity index (χ2n) is 22.3. The first-order valence-corrected chi connectivity index (χ1v) is 31.7. The van der Waals surface area contributed by atoms with Crippen molar-refractivity contribution in [3.05, 3.63) is 166 Å². The van der Waals surface area contributed by atoms with Crippen LogP contribution in [0.25, 0.3) is 6.08 Å². The van der Waals surface area contributed by atoms with Gasteiger partial charge in [-0.25, -0.2) is 4.79 Å². The highest BCUT2D eigenvalue weighted by Gasteiger charge is 2.19. The highest BCUT2D eigenvalue weighted by Crippen LogP contribution is 2.30. The van der Waals surface area contributed by atoms with Gasteiger partial charge in [-0.05, 0) is 132 Å². The van der Waals surface area contributed by atoms with E-state index in [9.17, 15) is 4.79 Å². The summed E-state index contributed by atoms with van der Waals surface area (Å²) in [6, 6.07) is 38.0. The van der Waals surface area contributed by atoms with Crippen molar-refractivity contribution < 1.29 is 23.7 Å². The van der Waals surface area contributed by atoms with Crippen LogP contribution in [-0.2, 0) is 30.6 Å². The summed E-state index contributed by atoms with van der Waals surface area (Å²) in [4.78, 5) is 14.2. The van der Waals surface area contributed by atoms with Crippen LogP contribution in [0.3, 0.4) is 0 Å². The van der Waals surface area contributed by atoms with E-state index in [1.807, 2.05) is 30.3 Å². The molecule has 5 aromatic carbocycles. The number of benzene rings is 5. The molecule has 78 heavy (non-hydrogen) atoms. The van der Waals surface area contributed by atoms with E-state index in [0.29, 0.717) is 24.8 Å². The molecule has 5 rings (SSSR count). The van der Waals surface area contributed by atoms with Crippen LogP contribution in [0.2, 0.25) is 0 Å². The number of carbonyl (C=O) groups excluding carboxylic acids is 1. The summed E-state index contributed by atoms with van der Waals surface area (Å²) >= 11 is 0. The summed E-state index contributed by atoms with van der Waals surface area (Å²) in [6.45, 7) is 13.1. The predicted octanol–water partition coefficient (Wildman–Crippen LogP) is 21.4. The fourth-order valence-electron chi connectivity index (χ4n) is 10.5. The van der Waals surface area contributed by atoms with Gasteiger partial charge in [0.05, 0.1) is 25.4 Å². The largest absolute Gasteiger partial charge is 0.494 e. The normalized spacial score (nSPS) is 11.2. The van der Waals surface area contributed by atoms with Crippen LogP contribution < -0.4 is 14.2 Å². The van der Waals surface area contributed by atoms with Gasteiger partial charge >= 0.3 is 5.97 Å². The minimum Gasteiger partial charge on any atom is -0.494 e. The summed E-state index contributed by atoms with van der Waals surface area (Å²) in [5.41, 5.74) is 9.54. The molecule has 0 saturated carbocycles. The van der Waals surface area contributed by atoms with Gasteiger partial charge in [0.2, 0.25) is 0 Å². The van der Waals surface area contributed by atoms with Crippen molar-refractivity contribution in [2.45, 2.75) is 239 Å². The molecule has 0 N–H and O–H groups in total. The van der Waals surface area contributed by atoms with Gasteiger partial charge in [-0.15, -0.1) is 0 Å². The average molecular weight is 1060 g/mol. The summed E-state index contributed by atoms with van der Waals surface area (Å²) in [5.74, 6) is 2.39. The van der Waals surface area contributed by atoms with Gasteiger partial charge in [-0.2, -0.15) is 0 Å². The van der Waals surface area contributed by atoms with E-state index in [1.165, 1.54) is 196 Å².